The molecule has 196 valence electrons. The Bertz CT molecular complexity index is 902. The van der Waals surface area contributed by atoms with E-state index in [0.717, 1.165) is 0 Å². The third kappa shape index (κ3) is 10.2. The number of aliphatic carboxylic acids is 1. The van der Waals surface area contributed by atoms with E-state index in [2.05, 4.69) is 0 Å². The predicted molar refractivity (Wildman–Crippen MR) is 124 cm³/mol. The molecule has 0 aliphatic heterocycles. The number of hydrogen-bond acceptors (Lipinski definition) is 10. The lowest BCUT2D eigenvalue weighted by molar-refractivity contribution is -0.151. The van der Waals surface area contributed by atoms with E-state index in [1.165, 1.54) is 32.0 Å². The molecule has 0 aliphatic rings. The normalized spacial score (nSPS) is 15.1. The molecule has 3 unspecified atom stereocenters. The van der Waals surface area contributed by atoms with Gasteiger partial charge in [0.25, 0.3) is 0 Å². The summed E-state index contributed by atoms with van der Waals surface area (Å²) < 4.78 is 25.7. The number of carbonyl (C=O) groups excluding carboxylic acids is 3. The van der Waals surface area contributed by atoms with Gasteiger partial charge in [-0.1, -0.05) is 19.9 Å². The van der Waals surface area contributed by atoms with Gasteiger partial charge in [0.2, 0.25) is 0 Å². The number of benzene rings is 1. The summed E-state index contributed by atoms with van der Waals surface area (Å²) in [6.07, 6.45) is -2.86. The maximum Gasteiger partial charge on any atom is 0.514 e. The van der Waals surface area contributed by atoms with E-state index in [0.29, 0.717) is 18.4 Å². The van der Waals surface area contributed by atoms with Gasteiger partial charge in [0, 0.05) is 19.8 Å². The number of carboxylic acid groups (broad SMARTS) is 1. The zero-order valence-corrected chi connectivity index (χ0v) is 21.0. The zero-order valence-electron chi connectivity index (χ0n) is 21.0. The minimum Gasteiger partial charge on any atom is -0.480 e. The van der Waals surface area contributed by atoms with Gasteiger partial charge in [0.05, 0.1) is 0 Å². The van der Waals surface area contributed by atoms with E-state index in [-0.39, 0.29) is 24.3 Å². The molecule has 4 atom stereocenters. The number of nitrogens with two attached hydrogens (primary N) is 1. The lowest BCUT2D eigenvalue weighted by atomic mass is 9.86. The lowest BCUT2D eigenvalue weighted by Crippen LogP contribution is -2.52. The van der Waals surface area contributed by atoms with Gasteiger partial charge in [-0.3, -0.25) is 9.59 Å². The number of carbonyl (C=O) groups is 4. The predicted octanol–water partition coefficient (Wildman–Crippen LogP) is 3.98. The molecule has 0 amide bonds. The van der Waals surface area contributed by atoms with Crippen molar-refractivity contribution >= 4 is 24.2 Å². The first-order chi connectivity index (χ1) is 16.3. The highest BCUT2D eigenvalue weighted by Crippen LogP contribution is 2.31. The Labute approximate surface area is 204 Å². The van der Waals surface area contributed by atoms with Crippen LogP contribution in [-0.4, -0.2) is 53.2 Å². The summed E-state index contributed by atoms with van der Waals surface area (Å²) >= 11 is 0. The van der Waals surface area contributed by atoms with Gasteiger partial charge in [-0.2, -0.15) is 0 Å². The summed E-state index contributed by atoms with van der Waals surface area (Å²) in [4.78, 5) is 47.5. The van der Waals surface area contributed by atoms with Crippen molar-refractivity contribution in [1.29, 1.82) is 0 Å². The molecule has 35 heavy (non-hydrogen) atoms. The topological polar surface area (TPSA) is 161 Å². The van der Waals surface area contributed by atoms with Crippen molar-refractivity contribution in [2.45, 2.75) is 91.1 Å². The highest BCUT2D eigenvalue weighted by atomic mass is 16.7. The minimum atomic E-state index is -1.80. The van der Waals surface area contributed by atoms with Crippen LogP contribution in [0.3, 0.4) is 0 Å². The third-order valence-corrected chi connectivity index (χ3v) is 5.10. The molecule has 1 aromatic rings. The van der Waals surface area contributed by atoms with E-state index in [4.69, 9.17) is 29.4 Å². The monoisotopic (exact) mass is 497 g/mol. The number of esters is 1. The molecule has 11 nitrogen and oxygen atoms in total. The van der Waals surface area contributed by atoms with Gasteiger partial charge in [-0.15, -0.1) is 0 Å². The van der Waals surface area contributed by atoms with Crippen molar-refractivity contribution in [2.75, 3.05) is 0 Å². The Kier molecular flexibility index (Phi) is 11.5. The van der Waals surface area contributed by atoms with E-state index >= 15 is 0 Å². The largest absolute Gasteiger partial charge is 0.514 e. The van der Waals surface area contributed by atoms with Crippen LogP contribution in [0.25, 0.3) is 0 Å². The highest BCUT2D eigenvalue weighted by Gasteiger charge is 2.37. The lowest BCUT2D eigenvalue weighted by Gasteiger charge is -2.28. The Morgan fingerprint density at radius 1 is 0.886 bits per heavy atom. The van der Waals surface area contributed by atoms with Gasteiger partial charge in [0.15, 0.2) is 11.5 Å². The maximum atomic E-state index is 12.2. The number of carboxylic acids is 1. The standard InChI is InChI=1S/C24H35NO10/c1-7-14(3)32-22(29)34-19-10-9-18(11-20(19)35-23(30)33-15(4)8-2)13-24(25,21(27)28)12-16(5)31-17(6)26/h9-11,14-16H,7-8,12-13,25H2,1-6H3,(H,27,28)/t14?,15?,16-,24?/m0/s1. The summed E-state index contributed by atoms with van der Waals surface area (Å²) in [6, 6.07) is 4.13. The van der Waals surface area contributed by atoms with Crippen LogP contribution in [0.4, 0.5) is 9.59 Å². The molecular weight excluding hydrogens is 462 g/mol. The van der Waals surface area contributed by atoms with Crippen LogP contribution in [0, 0.1) is 0 Å². The Hall–Kier alpha value is -3.34. The van der Waals surface area contributed by atoms with E-state index in [1.54, 1.807) is 13.8 Å². The second kappa shape index (κ2) is 13.5. The van der Waals surface area contributed by atoms with Crippen LogP contribution in [0.15, 0.2) is 18.2 Å². The molecule has 0 radical (unpaired) electrons. The Morgan fingerprint density at radius 3 is 1.86 bits per heavy atom. The average molecular weight is 498 g/mol. The summed E-state index contributed by atoms with van der Waals surface area (Å²) in [5.41, 5.74) is 4.70. The Balaban J connectivity index is 3.23. The fourth-order valence-corrected chi connectivity index (χ4v) is 2.99. The van der Waals surface area contributed by atoms with Crippen LogP contribution in [0.2, 0.25) is 0 Å². The van der Waals surface area contributed by atoms with Crippen LogP contribution < -0.4 is 15.2 Å². The molecule has 0 bridgehead atoms. The molecule has 3 N–H and O–H groups in total. The smallest absolute Gasteiger partial charge is 0.480 e. The molecule has 0 aromatic heterocycles. The van der Waals surface area contributed by atoms with Gasteiger partial charge in [0.1, 0.15) is 23.9 Å². The SMILES string of the molecule is CCC(C)OC(=O)Oc1ccc(CC(N)(C[C@H](C)OC(C)=O)C(=O)O)cc1OC(=O)OC(C)CC. The van der Waals surface area contributed by atoms with Crippen LogP contribution in [-0.2, 0) is 30.2 Å². The fraction of sp³-hybridized carbons (Fsp3) is 0.583. The number of rotatable bonds is 12. The minimum absolute atomic E-state index is 0.130. The van der Waals surface area contributed by atoms with Crippen LogP contribution >= 0.6 is 0 Å². The first-order valence-electron chi connectivity index (χ1n) is 11.4. The molecule has 0 saturated carbocycles. The quantitative estimate of drug-likeness (QED) is 0.244. The number of ether oxygens (including phenoxy) is 5. The molecule has 0 aliphatic carbocycles. The maximum absolute atomic E-state index is 12.2. The van der Waals surface area contributed by atoms with Crippen molar-refractivity contribution in [2.24, 2.45) is 5.73 Å². The summed E-state index contributed by atoms with van der Waals surface area (Å²) in [6.45, 7) is 9.76. The van der Waals surface area contributed by atoms with Crippen molar-refractivity contribution in [1.82, 2.24) is 0 Å². The van der Waals surface area contributed by atoms with Gasteiger partial charge >= 0.3 is 24.2 Å². The first kappa shape index (κ1) is 29.7. The van der Waals surface area contributed by atoms with Crippen molar-refractivity contribution < 1.29 is 48.0 Å². The van der Waals surface area contributed by atoms with E-state index < -0.39 is 48.1 Å². The Morgan fingerprint density at radius 2 is 1.40 bits per heavy atom. The fourth-order valence-electron chi connectivity index (χ4n) is 2.99. The second-order valence-corrected chi connectivity index (χ2v) is 8.42. The van der Waals surface area contributed by atoms with Crippen LogP contribution in [0.5, 0.6) is 11.5 Å². The highest BCUT2D eigenvalue weighted by molar-refractivity contribution is 5.79. The average Bonchev–Trinajstić information content (AvgIpc) is 2.74. The summed E-state index contributed by atoms with van der Waals surface area (Å²) in [7, 11) is 0. The van der Waals surface area contributed by atoms with Crippen molar-refractivity contribution in [3.05, 3.63) is 23.8 Å². The molecule has 1 rings (SSSR count). The molecule has 0 heterocycles. The van der Waals surface area contributed by atoms with Crippen LogP contribution in [0.1, 0.15) is 66.4 Å². The van der Waals surface area contributed by atoms with E-state index in [9.17, 15) is 24.3 Å². The third-order valence-electron chi connectivity index (χ3n) is 5.10. The first-order valence-corrected chi connectivity index (χ1v) is 11.4. The van der Waals surface area contributed by atoms with Gasteiger partial charge < -0.3 is 34.5 Å². The summed E-state index contributed by atoms with van der Waals surface area (Å²) in [5, 5.41) is 9.74. The van der Waals surface area contributed by atoms with Crippen molar-refractivity contribution in [3.8, 4) is 11.5 Å². The zero-order chi connectivity index (χ0) is 26.8. The van der Waals surface area contributed by atoms with Crippen molar-refractivity contribution in [3.63, 3.8) is 0 Å². The van der Waals surface area contributed by atoms with Gasteiger partial charge in [-0.25, -0.2) is 9.59 Å². The molecule has 0 fully saturated rings. The molecule has 0 saturated heterocycles. The molecule has 11 heteroatoms. The van der Waals surface area contributed by atoms with E-state index in [1.807, 2.05) is 13.8 Å². The second-order valence-electron chi connectivity index (χ2n) is 8.42. The molecule has 1 aromatic carbocycles. The number of hydrogen-bond donors (Lipinski definition) is 2. The van der Waals surface area contributed by atoms with Gasteiger partial charge in [-0.05, 0) is 51.3 Å². The summed E-state index contributed by atoms with van der Waals surface area (Å²) in [5.74, 6) is -2.19. The molecule has 0 spiro atoms. The molecular formula is C24H35NO10.